The quantitative estimate of drug-likeness (QED) is 0.727. The lowest BCUT2D eigenvalue weighted by Crippen LogP contribution is -2.01. The molecule has 4 nitrogen and oxygen atoms in total. The van der Waals surface area contributed by atoms with Gasteiger partial charge in [-0.1, -0.05) is 0 Å². The summed E-state index contributed by atoms with van der Waals surface area (Å²) in [5.41, 5.74) is 0.947. The van der Waals surface area contributed by atoms with Gasteiger partial charge in [0.05, 0.1) is 6.54 Å². The molecular formula is C12H9BrN4S2. The van der Waals surface area contributed by atoms with E-state index < -0.39 is 0 Å². The predicted molar refractivity (Wildman–Crippen MR) is 81.8 cm³/mol. The maximum Gasteiger partial charge on any atom is 0.195 e. The summed E-state index contributed by atoms with van der Waals surface area (Å²) in [6, 6.07) is 5.89. The fourth-order valence-electron chi connectivity index (χ4n) is 1.76. The van der Waals surface area contributed by atoms with Crippen LogP contribution < -0.4 is 0 Å². The zero-order valence-electron chi connectivity index (χ0n) is 9.71. The number of nitrogens with zero attached hydrogens (tertiary/aromatic N) is 3. The van der Waals surface area contributed by atoms with Crippen molar-refractivity contribution in [2.24, 2.45) is 0 Å². The molecule has 0 aliphatic heterocycles. The van der Waals surface area contributed by atoms with E-state index in [-0.39, 0.29) is 0 Å². The largest absolute Gasteiger partial charge is 0.295 e. The number of aromatic amines is 1. The van der Waals surface area contributed by atoms with Gasteiger partial charge in [-0.2, -0.15) is 5.10 Å². The molecule has 7 heteroatoms. The van der Waals surface area contributed by atoms with Crippen molar-refractivity contribution >= 4 is 39.5 Å². The molecule has 0 atom stereocenters. The lowest BCUT2D eigenvalue weighted by Gasteiger charge is -2.05. The van der Waals surface area contributed by atoms with Crippen molar-refractivity contribution in [3.8, 4) is 11.4 Å². The van der Waals surface area contributed by atoms with Crippen molar-refractivity contribution in [3.63, 3.8) is 0 Å². The number of aromatic nitrogens is 4. The predicted octanol–water partition coefficient (Wildman–Crippen LogP) is 3.87. The average Bonchev–Trinajstić information content (AvgIpc) is 2.99. The highest BCUT2D eigenvalue weighted by Gasteiger charge is 2.11. The standard InChI is InChI=1S/C12H9BrN4S2/c13-9-3-5-19-10(9)7-17-11(15-16-12(17)18)8-2-1-4-14-6-8/h1-6H,7H2,(H,16,18). The monoisotopic (exact) mass is 352 g/mol. The Balaban J connectivity index is 2.05. The first kappa shape index (κ1) is 12.7. The number of rotatable bonds is 3. The molecule has 0 radical (unpaired) electrons. The van der Waals surface area contributed by atoms with E-state index in [0.29, 0.717) is 11.3 Å². The average molecular weight is 353 g/mol. The highest BCUT2D eigenvalue weighted by molar-refractivity contribution is 9.10. The van der Waals surface area contributed by atoms with Crippen molar-refractivity contribution < 1.29 is 0 Å². The molecule has 0 aliphatic rings. The smallest absolute Gasteiger partial charge is 0.195 e. The summed E-state index contributed by atoms with van der Waals surface area (Å²) < 4.78 is 3.68. The van der Waals surface area contributed by atoms with Gasteiger partial charge < -0.3 is 0 Å². The molecular weight excluding hydrogens is 344 g/mol. The van der Waals surface area contributed by atoms with Gasteiger partial charge >= 0.3 is 0 Å². The maximum absolute atomic E-state index is 5.30. The maximum atomic E-state index is 5.30. The van der Waals surface area contributed by atoms with Gasteiger partial charge in [-0.05, 0) is 51.7 Å². The van der Waals surface area contributed by atoms with Crippen LogP contribution in [0.4, 0.5) is 0 Å². The molecule has 0 aromatic carbocycles. The number of nitrogens with one attached hydrogen (secondary N) is 1. The molecule has 0 amide bonds. The Hall–Kier alpha value is -1.31. The van der Waals surface area contributed by atoms with E-state index in [1.54, 1.807) is 23.7 Å². The molecule has 3 aromatic rings. The molecule has 3 heterocycles. The summed E-state index contributed by atoms with van der Waals surface area (Å²) >= 11 is 10.5. The third-order valence-corrected chi connectivity index (χ3v) is 4.89. The fraction of sp³-hybridized carbons (Fsp3) is 0.0833. The molecule has 0 bridgehead atoms. The molecule has 3 rings (SSSR count). The molecule has 1 N–H and O–H groups in total. The number of halogens is 1. The van der Waals surface area contributed by atoms with E-state index in [9.17, 15) is 0 Å². The van der Waals surface area contributed by atoms with E-state index in [2.05, 4.69) is 31.1 Å². The summed E-state index contributed by atoms with van der Waals surface area (Å²) in [4.78, 5) is 5.33. The molecule has 0 saturated heterocycles. The first-order chi connectivity index (χ1) is 9.25. The second-order valence-corrected chi connectivity index (χ2v) is 6.11. The van der Waals surface area contributed by atoms with Crippen LogP contribution in [0.2, 0.25) is 0 Å². The van der Waals surface area contributed by atoms with Crippen molar-refractivity contribution in [2.75, 3.05) is 0 Å². The highest BCUT2D eigenvalue weighted by atomic mass is 79.9. The van der Waals surface area contributed by atoms with Gasteiger partial charge in [0.1, 0.15) is 0 Å². The summed E-state index contributed by atoms with van der Waals surface area (Å²) in [5.74, 6) is 0.804. The van der Waals surface area contributed by atoms with Gasteiger partial charge in [0.15, 0.2) is 10.6 Å². The first-order valence-electron chi connectivity index (χ1n) is 5.53. The molecule has 0 saturated carbocycles. The summed E-state index contributed by atoms with van der Waals surface area (Å²) in [6.45, 7) is 0.692. The van der Waals surface area contributed by atoms with Crippen LogP contribution in [-0.2, 0) is 6.54 Å². The molecule has 0 unspecified atom stereocenters. The lowest BCUT2D eigenvalue weighted by molar-refractivity contribution is 0.799. The Kier molecular flexibility index (Phi) is 3.58. The van der Waals surface area contributed by atoms with Gasteiger partial charge in [0.2, 0.25) is 0 Å². The van der Waals surface area contributed by atoms with E-state index >= 15 is 0 Å². The summed E-state index contributed by atoms with van der Waals surface area (Å²) in [7, 11) is 0. The van der Waals surface area contributed by atoms with Crippen LogP contribution in [0, 0.1) is 4.77 Å². The number of hydrogen-bond donors (Lipinski definition) is 1. The molecule has 0 spiro atoms. The van der Waals surface area contributed by atoms with Crippen LogP contribution in [0.3, 0.4) is 0 Å². The second kappa shape index (κ2) is 5.36. The Morgan fingerprint density at radius 3 is 3.00 bits per heavy atom. The number of hydrogen-bond acceptors (Lipinski definition) is 4. The van der Waals surface area contributed by atoms with Crippen molar-refractivity contribution in [1.82, 2.24) is 19.7 Å². The van der Waals surface area contributed by atoms with Gasteiger partial charge in [-0.25, -0.2) is 0 Å². The van der Waals surface area contributed by atoms with Gasteiger partial charge in [-0.15, -0.1) is 11.3 Å². The van der Waals surface area contributed by atoms with Gasteiger partial charge in [0, 0.05) is 27.3 Å². The van der Waals surface area contributed by atoms with Crippen LogP contribution in [0.5, 0.6) is 0 Å². The van der Waals surface area contributed by atoms with Crippen LogP contribution in [-0.4, -0.2) is 19.7 Å². The minimum absolute atomic E-state index is 0.610. The van der Waals surface area contributed by atoms with Crippen molar-refractivity contribution in [1.29, 1.82) is 0 Å². The molecule has 0 aliphatic carbocycles. The normalized spacial score (nSPS) is 10.8. The van der Waals surface area contributed by atoms with Crippen molar-refractivity contribution in [3.05, 3.63) is 50.1 Å². The summed E-state index contributed by atoms with van der Waals surface area (Å²) in [6.07, 6.45) is 3.52. The third-order valence-electron chi connectivity index (χ3n) is 2.67. The van der Waals surface area contributed by atoms with Crippen LogP contribution in [0.1, 0.15) is 4.88 Å². The number of pyridine rings is 1. The lowest BCUT2D eigenvalue weighted by atomic mass is 10.2. The zero-order chi connectivity index (χ0) is 13.2. The highest BCUT2D eigenvalue weighted by Crippen LogP contribution is 2.25. The molecule has 96 valence electrons. The second-order valence-electron chi connectivity index (χ2n) is 3.87. The molecule has 0 fully saturated rings. The zero-order valence-corrected chi connectivity index (χ0v) is 12.9. The Morgan fingerprint density at radius 2 is 2.32 bits per heavy atom. The fourth-order valence-corrected chi connectivity index (χ4v) is 3.42. The Labute approximate surface area is 127 Å². The minimum atomic E-state index is 0.610. The molecule has 3 aromatic heterocycles. The molecule has 19 heavy (non-hydrogen) atoms. The Morgan fingerprint density at radius 1 is 1.42 bits per heavy atom. The van der Waals surface area contributed by atoms with Crippen LogP contribution in [0.15, 0.2) is 40.4 Å². The van der Waals surface area contributed by atoms with E-state index in [0.717, 1.165) is 15.9 Å². The first-order valence-corrected chi connectivity index (χ1v) is 7.61. The summed E-state index contributed by atoms with van der Waals surface area (Å²) in [5, 5.41) is 9.18. The number of H-pyrrole nitrogens is 1. The third kappa shape index (κ3) is 2.54. The topological polar surface area (TPSA) is 46.5 Å². The SMILES string of the molecule is S=c1[nH]nc(-c2cccnc2)n1Cc1sccc1Br. The van der Waals surface area contributed by atoms with E-state index in [1.807, 2.05) is 28.1 Å². The van der Waals surface area contributed by atoms with Crippen LogP contribution in [0.25, 0.3) is 11.4 Å². The Bertz CT molecular complexity index is 744. The van der Waals surface area contributed by atoms with Crippen LogP contribution >= 0.6 is 39.5 Å². The van der Waals surface area contributed by atoms with Crippen molar-refractivity contribution in [2.45, 2.75) is 6.54 Å². The van der Waals surface area contributed by atoms with Gasteiger partial charge in [-0.3, -0.25) is 14.6 Å². The van der Waals surface area contributed by atoms with E-state index in [1.165, 1.54) is 4.88 Å². The number of thiophene rings is 1. The minimum Gasteiger partial charge on any atom is -0.295 e. The van der Waals surface area contributed by atoms with E-state index in [4.69, 9.17) is 12.2 Å². The van der Waals surface area contributed by atoms with Gasteiger partial charge in [0.25, 0.3) is 0 Å².